The van der Waals surface area contributed by atoms with Gasteiger partial charge in [0.25, 0.3) is 0 Å². The van der Waals surface area contributed by atoms with Crippen molar-refractivity contribution >= 4 is 5.97 Å². The van der Waals surface area contributed by atoms with E-state index in [4.69, 9.17) is 10.2 Å². The maximum Gasteiger partial charge on any atom is 0.339 e. The number of aliphatic hydroxyl groups is 6. The number of aromatic hydroxyl groups is 1. The lowest BCUT2D eigenvalue weighted by Crippen LogP contribution is -2.47. The Bertz CT molecular complexity index is 518. The van der Waals surface area contributed by atoms with Gasteiger partial charge in [-0.2, -0.15) is 0 Å². The molecule has 1 aromatic rings. The summed E-state index contributed by atoms with van der Waals surface area (Å²) in [5.74, 6) is -2.26. The normalized spacial score (nSPS) is 18.3. The number of para-hydroxylation sites is 1. The number of carboxylic acid groups (broad SMARTS) is 1. The van der Waals surface area contributed by atoms with Crippen LogP contribution in [0, 0.1) is 0 Å². The molecule has 0 saturated heterocycles. The zero-order valence-corrected chi connectivity index (χ0v) is 11.3. The number of benzene rings is 1. The fourth-order valence-electron chi connectivity index (χ4n) is 1.88. The van der Waals surface area contributed by atoms with Crippen LogP contribution in [0.1, 0.15) is 22.0 Å². The lowest BCUT2D eigenvalue weighted by Gasteiger charge is -2.29. The van der Waals surface area contributed by atoms with Gasteiger partial charge in [-0.3, -0.25) is 0 Å². The zero-order chi connectivity index (χ0) is 17.0. The molecule has 0 spiro atoms. The Morgan fingerprint density at radius 3 is 2.09 bits per heavy atom. The highest BCUT2D eigenvalue weighted by Gasteiger charge is 2.36. The van der Waals surface area contributed by atoms with Crippen molar-refractivity contribution in [2.75, 3.05) is 6.61 Å². The van der Waals surface area contributed by atoms with E-state index in [1.54, 1.807) is 0 Å². The van der Waals surface area contributed by atoms with Gasteiger partial charge in [-0.25, -0.2) is 4.79 Å². The molecule has 0 aromatic heterocycles. The molecule has 0 bridgehead atoms. The molecule has 5 atom stereocenters. The Morgan fingerprint density at radius 2 is 1.59 bits per heavy atom. The SMILES string of the molecule is O=C(O)c1cccc(C(O)[C@@H](O)[C@@H](O)[C@H](O)[C@H](O)CO)c1O. The summed E-state index contributed by atoms with van der Waals surface area (Å²) in [6.45, 7) is -0.888. The quantitative estimate of drug-likeness (QED) is 0.271. The maximum atomic E-state index is 10.9. The van der Waals surface area contributed by atoms with Crippen molar-refractivity contribution in [3.05, 3.63) is 29.3 Å². The van der Waals surface area contributed by atoms with E-state index in [0.717, 1.165) is 12.1 Å². The average Bonchev–Trinajstić information content (AvgIpc) is 2.51. The summed E-state index contributed by atoms with van der Waals surface area (Å²) in [7, 11) is 0. The van der Waals surface area contributed by atoms with Gasteiger partial charge in [0.1, 0.15) is 41.8 Å². The van der Waals surface area contributed by atoms with Crippen LogP contribution in [0.15, 0.2) is 18.2 Å². The molecule has 124 valence electrons. The fraction of sp³-hybridized carbons (Fsp3) is 0.462. The molecule has 1 unspecified atom stereocenters. The molecular weight excluding hydrogens is 300 g/mol. The fourth-order valence-corrected chi connectivity index (χ4v) is 1.88. The average molecular weight is 318 g/mol. The first kappa shape index (κ1) is 18.3. The summed E-state index contributed by atoms with van der Waals surface area (Å²) < 4.78 is 0. The van der Waals surface area contributed by atoms with E-state index in [-0.39, 0.29) is 5.56 Å². The van der Waals surface area contributed by atoms with E-state index < -0.39 is 54.4 Å². The topological polar surface area (TPSA) is 179 Å². The van der Waals surface area contributed by atoms with Crippen LogP contribution >= 0.6 is 0 Å². The molecule has 0 aliphatic heterocycles. The second-order valence-corrected chi connectivity index (χ2v) is 4.72. The van der Waals surface area contributed by atoms with Gasteiger partial charge in [-0.05, 0) is 6.07 Å². The second kappa shape index (κ2) is 7.49. The summed E-state index contributed by atoms with van der Waals surface area (Å²) in [4.78, 5) is 10.9. The van der Waals surface area contributed by atoms with E-state index in [2.05, 4.69) is 0 Å². The lowest BCUT2D eigenvalue weighted by atomic mass is 9.93. The van der Waals surface area contributed by atoms with Gasteiger partial charge >= 0.3 is 5.97 Å². The van der Waals surface area contributed by atoms with Crippen molar-refractivity contribution in [2.45, 2.75) is 30.5 Å². The van der Waals surface area contributed by atoms with Crippen LogP contribution in [0.2, 0.25) is 0 Å². The molecule has 1 aromatic carbocycles. The van der Waals surface area contributed by atoms with Gasteiger partial charge in [-0.1, -0.05) is 12.1 Å². The third kappa shape index (κ3) is 3.71. The number of rotatable bonds is 7. The highest BCUT2D eigenvalue weighted by atomic mass is 16.4. The van der Waals surface area contributed by atoms with E-state index in [0.29, 0.717) is 0 Å². The summed E-state index contributed by atoms with van der Waals surface area (Å²) in [6, 6.07) is 3.40. The standard InChI is InChI=1S/C13H18O9/c14-4-7(15)10(18)12(20)11(19)9(17)5-2-1-3-6(8(5)16)13(21)22/h1-3,7,9-12,14-20H,4H2,(H,21,22)/t7-,9?,10-,11-,12+/m1/s1. The van der Waals surface area contributed by atoms with Gasteiger partial charge in [0, 0.05) is 5.56 Å². The Balaban J connectivity index is 3.03. The van der Waals surface area contributed by atoms with Gasteiger partial charge in [-0.15, -0.1) is 0 Å². The molecule has 8 N–H and O–H groups in total. The Labute approximate surface area is 125 Å². The molecule has 1 rings (SSSR count). The van der Waals surface area contributed by atoms with E-state index in [9.17, 15) is 35.4 Å². The van der Waals surface area contributed by atoms with Crippen molar-refractivity contribution in [1.29, 1.82) is 0 Å². The maximum absolute atomic E-state index is 10.9. The number of hydrogen-bond acceptors (Lipinski definition) is 8. The summed E-state index contributed by atoms with van der Waals surface area (Å²) in [6.07, 6.45) is -9.75. The van der Waals surface area contributed by atoms with Crippen LogP contribution < -0.4 is 0 Å². The molecule has 0 aliphatic rings. The predicted octanol–water partition coefficient (Wildman–Crippen LogP) is -2.44. The Kier molecular flexibility index (Phi) is 6.23. The zero-order valence-electron chi connectivity index (χ0n) is 11.3. The molecule has 0 radical (unpaired) electrons. The van der Waals surface area contributed by atoms with Crippen LogP contribution in [0.3, 0.4) is 0 Å². The van der Waals surface area contributed by atoms with Crippen LogP contribution in [0.25, 0.3) is 0 Å². The Hall–Kier alpha value is -1.75. The first-order chi connectivity index (χ1) is 10.2. The molecular formula is C13H18O9. The monoisotopic (exact) mass is 318 g/mol. The number of phenols is 1. The highest BCUT2D eigenvalue weighted by molar-refractivity contribution is 5.91. The molecule has 0 fully saturated rings. The summed E-state index contributed by atoms with van der Waals surface area (Å²) in [5, 5.41) is 75.3. The van der Waals surface area contributed by atoms with Gasteiger partial charge in [0.05, 0.1) is 6.61 Å². The highest BCUT2D eigenvalue weighted by Crippen LogP contribution is 2.31. The van der Waals surface area contributed by atoms with Crippen molar-refractivity contribution in [3.8, 4) is 5.75 Å². The van der Waals surface area contributed by atoms with Crippen LogP contribution in [-0.2, 0) is 0 Å². The largest absolute Gasteiger partial charge is 0.507 e. The van der Waals surface area contributed by atoms with Gasteiger partial charge in [0.15, 0.2) is 0 Å². The number of carbonyl (C=O) groups is 1. The number of aliphatic hydroxyl groups excluding tert-OH is 6. The van der Waals surface area contributed by atoms with Crippen molar-refractivity contribution in [1.82, 2.24) is 0 Å². The second-order valence-electron chi connectivity index (χ2n) is 4.72. The number of aromatic carboxylic acids is 1. The first-order valence-electron chi connectivity index (χ1n) is 6.28. The van der Waals surface area contributed by atoms with Crippen molar-refractivity contribution in [3.63, 3.8) is 0 Å². The Morgan fingerprint density at radius 1 is 1.00 bits per heavy atom. The molecule has 0 aliphatic carbocycles. The van der Waals surface area contributed by atoms with Crippen LogP contribution in [0.5, 0.6) is 5.75 Å². The molecule has 22 heavy (non-hydrogen) atoms. The van der Waals surface area contributed by atoms with Crippen LogP contribution in [0.4, 0.5) is 0 Å². The van der Waals surface area contributed by atoms with Gasteiger partial charge in [0.2, 0.25) is 0 Å². The summed E-state index contributed by atoms with van der Waals surface area (Å²) in [5.41, 5.74) is -0.897. The van der Waals surface area contributed by atoms with Crippen molar-refractivity contribution in [2.24, 2.45) is 0 Å². The van der Waals surface area contributed by atoms with E-state index in [1.807, 2.05) is 0 Å². The smallest absolute Gasteiger partial charge is 0.339 e. The minimum absolute atomic E-state index is 0.378. The van der Waals surface area contributed by atoms with E-state index >= 15 is 0 Å². The molecule has 0 amide bonds. The van der Waals surface area contributed by atoms with E-state index in [1.165, 1.54) is 6.07 Å². The first-order valence-corrected chi connectivity index (χ1v) is 6.28. The minimum atomic E-state index is -2.05. The molecule has 9 heteroatoms. The van der Waals surface area contributed by atoms with Crippen LogP contribution in [-0.4, -0.2) is 77.8 Å². The third-order valence-corrected chi connectivity index (χ3v) is 3.22. The third-order valence-electron chi connectivity index (χ3n) is 3.22. The molecule has 0 saturated carbocycles. The number of hydrogen-bond donors (Lipinski definition) is 8. The minimum Gasteiger partial charge on any atom is -0.507 e. The lowest BCUT2D eigenvalue weighted by molar-refractivity contribution is -0.141. The van der Waals surface area contributed by atoms with Gasteiger partial charge < -0.3 is 40.9 Å². The summed E-state index contributed by atoms with van der Waals surface area (Å²) >= 11 is 0. The molecule has 9 nitrogen and oxygen atoms in total. The van der Waals surface area contributed by atoms with Crippen molar-refractivity contribution < 1.29 is 45.6 Å². The predicted molar refractivity (Wildman–Crippen MR) is 71.1 cm³/mol. The number of carboxylic acids is 1. The molecule has 0 heterocycles.